The fourth-order valence-electron chi connectivity index (χ4n) is 3.30. The number of nitrogens with zero attached hydrogens (tertiary/aromatic N) is 1. The van der Waals surface area contributed by atoms with Crippen molar-refractivity contribution in [3.05, 3.63) is 94.8 Å². The maximum Gasteiger partial charge on any atom is 1.00 e. The van der Waals surface area contributed by atoms with Crippen molar-refractivity contribution in [1.82, 2.24) is 4.98 Å². The molecule has 0 aliphatic carbocycles. The molecule has 1 aliphatic heterocycles. The van der Waals surface area contributed by atoms with Crippen molar-refractivity contribution in [3.8, 4) is 5.75 Å². The Balaban J connectivity index is 0.00000150. The maximum absolute atomic E-state index is 11.4. The number of carbonyl (C=O) groups excluding carboxylic acids is 1. The van der Waals surface area contributed by atoms with E-state index >= 15 is 0 Å². The van der Waals surface area contributed by atoms with Crippen LogP contribution in [0.15, 0.2) is 67.0 Å². The molecule has 4 rings (SSSR count). The molecule has 7 heteroatoms. The molecule has 0 saturated heterocycles. The number of aromatic nitrogens is 1. The van der Waals surface area contributed by atoms with Crippen molar-refractivity contribution in [2.75, 3.05) is 0 Å². The van der Waals surface area contributed by atoms with E-state index in [1.54, 1.807) is 24.5 Å². The zero-order valence-corrected chi connectivity index (χ0v) is 18.3. The SMILES string of the molecule is CC(OC1c2ccccc2COc2ccc(C(=O)[O-])cc21)c1cccnc1.O.[Na+]. The summed E-state index contributed by atoms with van der Waals surface area (Å²) in [4.78, 5) is 15.5. The number of benzene rings is 2. The van der Waals surface area contributed by atoms with Crippen LogP contribution >= 0.6 is 0 Å². The molecule has 2 N–H and O–H groups in total. The average molecular weight is 401 g/mol. The minimum atomic E-state index is -1.23. The minimum Gasteiger partial charge on any atom is -0.545 e. The van der Waals surface area contributed by atoms with Crippen LogP contribution in [0.2, 0.25) is 0 Å². The van der Waals surface area contributed by atoms with Gasteiger partial charge in [-0.3, -0.25) is 4.98 Å². The van der Waals surface area contributed by atoms with Gasteiger partial charge in [-0.05, 0) is 53.4 Å². The first-order valence-corrected chi connectivity index (χ1v) is 8.75. The third-order valence-corrected chi connectivity index (χ3v) is 4.74. The van der Waals surface area contributed by atoms with Gasteiger partial charge in [-0.1, -0.05) is 30.3 Å². The van der Waals surface area contributed by atoms with Gasteiger partial charge in [0.2, 0.25) is 0 Å². The molecule has 1 aromatic heterocycles. The fraction of sp³-hybridized carbons (Fsp3) is 0.182. The van der Waals surface area contributed by atoms with Crippen LogP contribution in [0.25, 0.3) is 0 Å². The van der Waals surface area contributed by atoms with E-state index in [-0.39, 0.29) is 46.7 Å². The summed E-state index contributed by atoms with van der Waals surface area (Å²) in [5.74, 6) is -0.617. The molecule has 2 heterocycles. The van der Waals surface area contributed by atoms with Gasteiger partial charge in [0, 0.05) is 18.0 Å². The van der Waals surface area contributed by atoms with E-state index in [2.05, 4.69) is 4.98 Å². The number of carboxylic acids is 1. The first-order valence-electron chi connectivity index (χ1n) is 8.75. The van der Waals surface area contributed by atoms with E-state index in [4.69, 9.17) is 9.47 Å². The third-order valence-electron chi connectivity index (χ3n) is 4.74. The summed E-state index contributed by atoms with van der Waals surface area (Å²) in [5, 5.41) is 11.4. The summed E-state index contributed by atoms with van der Waals surface area (Å²) in [5.41, 5.74) is 3.68. The Hall–Kier alpha value is -2.22. The number of carboxylic acid groups (broad SMARTS) is 1. The fourth-order valence-corrected chi connectivity index (χ4v) is 3.30. The molecular weight excluding hydrogens is 381 g/mol. The predicted molar refractivity (Wildman–Crippen MR) is 101 cm³/mol. The molecule has 0 amide bonds. The molecule has 144 valence electrons. The molecule has 0 bridgehead atoms. The van der Waals surface area contributed by atoms with E-state index < -0.39 is 12.1 Å². The van der Waals surface area contributed by atoms with Crippen LogP contribution in [0.1, 0.15) is 51.7 Å². The second-order valence-electron chi connectivity index (χ2n) is 6.47. The zero-order valence-electron chi connectivity index (χ0n) is 16.3. The van der Waals surface area contributed by atoms with Crippen LogP contribution in [-0.2, 0) is 11.3 Å². The number of aromatic carboxylic acids is 1. The van der Waals surface area contributed by atoms with E-state index in [9.17, 15) is 9.90 Å². The number of rotatable bonds is 4. The van der Waals surface area contributed by atoms with Gasteiger partial charge in [-0.2, -0.15) is 0 Å². The molecule has 0 radical (unpaired) electrons. The van der Waals surface area contributed by atoms with Gasteiger partial charge in [-0.25, -0.2) is 0 Å². The second-order valence-corrected chi connectivity index (χ2v) is 6.47. The summed E-state index contributed by atoms with van der Waals surface area (Å²) in [6.45, 7) is 2.35. The first-order chi connectivity index (χ1) is 13.1. The van der Waals surface area contributed by atoms with Crippen molar-refractivity contribution in [2.45, 2.75) is 25.7 Å². The van der Waals surface area contributed by atoms with E-state index in [1.165, 1.54) is 6.07 Å². The molecule has 6 nitrogen and oxygen atoms in total. The van der Waals surface area contributed by atoms with Crippen molar-refractivity contribution in [3.63, 3.8) is 0 Å². The molecule has 2 atom stereocenters. The molecular formula is C22H20NNaO5. The van der Waals surface area contributed by atoms with Crippen LogP contribution in [-0.4, -0.2) is 16.4 Å². The molecule has 1 aliphatic rings. The monoisotopic (exact) mass is 401 g/mol. The Labute approximate surface area is 191 Å². The summed E-state index contributed by atoms with van der Waals surface area (Å²) in [6.07, 6.45) is 2.77. The number of hydrogen-bond acceptors (Lipinski definition) is 5. The normalized spacial score (nSPS) is 15.3. The van der Waals surface area contributed by atoms with Gasteiger partial charge in [0.25, 0.3) is 0 Å². The molecule has 29 heavy (non-hydrogen) atoms. The van der Waals surface area contributed by atoms with Gasteiger partial charge < -0.3 is 24.9 Å². The number of fused-ring (bicyclic) bond motifs is 2. The van der Waals surface area contributed by atoms with Crippen molar-refractivity contribution < 1.29 is 54.4 Å². The molecule has 2 aromatic carbocycles. The molecule has 0 fully saturated rings. The predicted octanol–water partition coefficient (Wildman–Crippen LogP) is -0.616. The number of pyridine rings is 1. The maximum atomic E-state index is 11.4. The largest absolute Gasteiger partial charge is 1.00 e. The third kappa shape index (κ3) is 4.86. The van der Waals surface area contributed by atoms with E-state index in [0.29, 0.717) is 17.9 Å². The van der Waals surface area contributed by atoms with E-state index in [1.807, 2.05) is 43.3 Å². The topological polar surface area (TPSA) is 103 Å². The smallest absolute Gasteiger partial charge is 0.545 e. The Morgan fingerprint density at radius 2 is 1.97 bits per heavy atom. The van der Waals surface area contributed by atoms with Gasteiger partial charge in [0.1, 0.15) is 18.5 Å². The molecule has 3 aromatic rings. The number of ether oxygens (including phenoxy) is 2. The molecule has 0 spiro atoms. The molecule has 0 saturated carbocycles. The second kappa shape index (κ2) is 10.0. The van der Waals surface area contributed by atoms with Crippen molar-refractivity contribution in [2.24, 2.45) is 0 Å². The minimum absolute atomic E-state index is 0. The average Bonchev–Trinajstić information content (AvgIpc) is 2.85. The van der Waals surface area contributed by atoms with Crippen LogP contribution in [0, 0.1) is 0 Å². The quantitative estimate of drug-likeness (QED) is 0.543. The van der Waals surface area contributed by atoms with Crippen molar-refractivity contribution >= 4 is 5.97 Å². The van der Waals surface area contributed by atoms with Crippen LogP contribution < -0.4 is 39.4 Å². The Morgan fingerprint density at radius 3 is 2.69 bits per heavy atom. The van der Waals surface area contributed by atoms with Gasteiger partial charge in [0.05, 0.1) is 12.1 Å². The molecule has 2 unspecified atom stereocenters. The summed E-state index contributed by atoms with van der Waals surface area (Å²) in [6, 6.07) is 16.4. The number of hydrogen-bond donors (Lipinski definition) is 0. The standard InChI is InChI=1S/C22H19NO4.Na.H2O/c1-14(16-6-4-10-23-12-16)27-21-18-7-3-2-5-17(18)13-26-20-9-8-15(22(24)25)11-19(20)21;;/h2-12,14,21H,13H2,1H3,(H,24,25);;1H2/q;+1;/p-1. The van der Waals surface area contributed by atoms with Crippen LogP contribution in [0.3, 0.4) is 0 Å². The first kappa shape index (κ1) is 23.1. The van der Waals surface area contributed by atoms with Crippen LogP contribution in [0.5, 0.6) is 5.75 Å². The van der Waals surface area contributed by atoms with Crippen LogP contribution in [0.4, 0.5) is 0 Å². The summed E-state index contributed by atoms with van der Waals surface area (Å²) < 4.78 is 12.3. The number of carbonyl (C=O) groups is 1. The Kier molecular flexibility index (Phi) is 7.96. The Morgan fingerprint density at radius 1 is 1.17 bits per heavy atom. The Bertz CT molecular complexity index is 980. The summed E-state index contributed by atoms with van der Waals surface area (Å²) in [7, 11) is 0. The van der Waals surface area contributed by atoms with E-state index in [0.717, 1.165) is 16.7 Å². The summed E-state index contributed by atoms with van der Waals surface area (Å²) >= 11 is 0. The van der Waals surface area contributed by atoms with Gasteiger partial charge in [-0.15, -0.1) is 0 Å². The van der Waals surface area contributed by atoms with Gasteiger partial charge >= 0.3 is 29.6 Å². The van der Waals surface area contributed by atoms with Gasteiger partial charge in [0.15, 0.2) is 0 Å². The zero-order chi connectivity index (χ0) is 18.8. The van der Waals surface area contributed by atoms with Crippen molar-refractivity contribution in [1.29, 1.82) is 0 Å².